The normalized spacial score (nSPS) is 12.4. The van der Waals surface area contributed by atoms with Crippen LogP contribution in [0.25, 0.3) is 0 Å². The van der Waals surface area contributed by atoms with Gasteiger partial charge in [0.1, 0.15) is 13.2 Å². The Morgan fingerprint density at radius 1 is 0.309 bits per heavy atom. The molecule has 0 aromatic heterocycles. The molecule has 0 amide bonds. The number of hydrogen-bond acceptors (Lipinski definition) is 6. The third-order valence-electron chi connectivity index (χ3n) is 14.6. The SMILES string of the molecule is CCCCCCCCCCCCCCCCC(=O)O[C@H](COC(=O)CCCCCCCCCCCCCCCCCC(C)C)COC(=O)CCCCCCCCCCCCCCCCC(C)CC. The molecule has 68 heavy (non-hydrogen) atoms. The van der Waals surface area contributed by atoms with Crippen LogP contribution in [0, 0.1) is 11.8 Å². The van der Waals surface area contributed by atoms with Crippen LogP contribution in [0.15, 0.2) is 0 Å². The highest BCUT2D eigenvalue weighted by atomic mass is 16.6. The van der Waals surface area contributed by atoms with Gasteiger partial charge in [-0.2, -0.15) is 0 Å². The molecule has 0 radical (unpaired) electrons. The lowest BCUT2D eigenvalue weighted by Gasteiger charge is -2.18. The number of carbonyl (C=O) groups is 3. The second-order valence-electron chi connectivity index (χ2n) is 22.1. The molecular formula is C62H120O6. The van der Waals surface area contributed by atoms with E-state index in [0.717, 1.165) is 69.6 Å². The van der Waals surface area contributed by atoms with Gasteiger partial charge in [-0.05, 0) is 31.1 Å². The quantitative estimate of drug-likeness (QED) is 0.0343. The highest BCUT2D eigenvalue weighted by molar-refractivity contribution is 5.71. The van der Waals surface area contributed by atoms with Crippen LogP contribution in [0.4, 0.5) is 0 Å². The van der Waals surface area contributed by atoms with Crippen molar-refractivity contribution in [3.05, 3.63) is 0 Å². The Bertz CT molecular complexity index is 1040. The molecule has 1 unspecified atom stereocenters. The summed E-state index contributed by atoms with van der Waals surface area (Å²) in [5.41, 5.74) is 0. The molecule has 0 rings (SSSR count). The fourth-order valence-electron chi connectivity index (χ4n) is 9.55. The molecule has 404 valence electrons. The van der Waals surface area contributed by atoms with Crippen LogP contribution in [0.3, 0.4) is 0 Å². The summed E-state index contributed by atoms with van der Waals surface area (Å²) >= 11 is 0. The zero-order valence-electron chi connectivity index (χ0n) is 46.7. The fourth-order valence-corrected chi connectivity index (χ4v) is 9.55. The van der Waals surface area contributed by atoms with Gasteiger partial charge in [0.2, 0.25) is 0 Å². The van der Waals surface area contributed by atoms with E-state index in [9.17, 15) is 14.4 Å². The topological polar surface area (TPSA) is 78.9 Å². The van der Waals surface area contributed by atoms with Gasteiger partial charge in [0.15, 0.2) is 6.10 Å². The van der Waals surface area contributed by atoms with Gasteiger partial charge >= 0.3 is 17.9 Å². The molecule has 0 aliphatic heterocycles. The van der Waals surface area contributed by atoms with Crippen molar-refractivity contribution in [2.45, 2.75) is 355 Å². The zero-order chi connectivity index (χ0) is 49.6. The molecule has 6 nitrogen and oxygen atoms in total. The van der Waals surface area contributed by atoms with Crippen molar-refractivity contribution in [1.29, 1.82) is 0 Å². The third-order valence-corrected chi connectivity index (χ3v) is 14.6. The fraction of sp³-hybridized carbons (Fsp3) is 0.952. The smallest absolute Gasteiger partial charge is 0.306 e. The molecule has 0 N–H and O–H groups in total. The van der Waals surface area contributed by atoms with Crippen LogP contribution in [0.2, 0.25) is 0 Å². The molecule has 0 heterocycles. The van der Waals surface area contributed by atoms with Gasteiger partial charge in [-0.3, -0.25) is 14.4 Å². The van der Waals surface area contributed by atoms with Gasteiger partial charge in [-0.25, -0.2) is 0 Å². The second kappa shape index (κ2) is 54.7. The first-order valence-electron chi connectivity index (χ1n) is 30.8. The largest absolute Gasteiger partial charge is 0.462 e. The molecule has 2 atom stereocenters. The maximum Gasteiger partial charge on any atom is 0.306 e. The monoisotopic (exact) mass is 961 g/mol. The van der Waals surface area contributed by atoms with Crippen molar-refractivity contribution < 1.29 is 28.6 Å². The number of unbranched alkanes of at least 4 members (excludes halogenated alkanes) is 40. The summed E-state index contributed by atoms with van der Waals surface area (Å²) in [6, 6.07) is 0. The predicted molar refractivity (Wildman–Crippen MR) is 293 cm³/mol. The van der Waals surface area contributed by atoms with Gasteiger partial charge in [-0.1, -0.05) is 311 Å². The summed E-state index contributed by atoms with van der Waals surface area (Å²) in [5.74, 6) is 0.911. The first-order chi connectivity index (χ1) is 33.3. The number of carbonyl (C=O) groups excluding carboxylic acids is 3. The van der Waals surface area contributed by atoms with Crippen molar-refractivity contribution in [2.75, 3.05) is 13.2 Å². The standard InChI is InChI=1S/C62H120O6/c1-6-8-9-10-11-12-13-14-22-29-34-39-44-49-54-62(65)68-59(55-66-60(63)52-47-42-37-32-27-23-17-15-16-20-25-30-35-40-45-50-57(3)4)56-67-61(64)53-48-43-38-33-28-24-19-18-21-26-31-36-41-46-51-58(5)7-2/h57-59H,6-56H2,1-5H3/t58?,59-/m1/s1. The first-order valence-corrected chi connectivity index (χ1v) is 30.8. The average Bonchev–Trinajstić information content (AvgIpc) is 3.32. The van der Waals surface area contributed by atoms with Gasteiger partial charge in [0.05, 0.1) is 0 Å². The molecular weight excluding hydrogens is 841 g/mol. The lowest BCUT2D eigenvalue weighted by atomic mass is 9.99. The molecule has 0 bridgehead atoms. The van der Waals surface area contributed by atoms with E-state index in [0.29, 0.717) is 19.3 Å². The summed E-state index contributed by atoms with van der Waals surface area (Å²) in [6.07, 6.45) is 59.4. The van der Waals surface area contributed by atoms with Gasteiger partial charge < -0.3 is 14.2 Å². The lowest BCUT2D eigenvalue weighted by Crippen LogP contribution is -2.30. The van der Waals surface area contributed by atoms with Crippen LogP contribution in [-0.2, 0) is 28.6 Å². The molecule has 0 aliphatic carbocycles. The highest BCUT2D eigenvalue weighted by Gasteiger charge is 2.19. The van der Waals surface area contributed by atoms with Crippen LogP contribution in [-0.4, -0.2) is 37.2 Å². The number of rotatable bonds is 56. The lowest BCUT2D eigenvalue weighted by molar-refractivity contribution is -0.167. The van der Waals surface area contributed by atoms with E-state index in [-0.39, 0.29) is 31.1 Å². The third kappa shape index (κ3) is 53.8. The number of ether oxygens (including phenoxy) is 3. The van der Waals surface area contributed by atoms with Crippen LogP contribution in [0.5, 0.6) is 0 Å². The molecule has 0 aromatic carbocycles. The van der Waals surface area contributed by atoms with E-state index in [4.69, 9.17) is 14.2 Å². The Morgan fingerprint density at radius 3 is 0.838 bits per heavy atom. The van der Waals surface area contributed by atoms with E-state index in [1.807, 2.05) is 0 Å². The molecule has 0 saturated carbocycles. The number of hydrogen-bond donors (Lipinski definition) is 0. The molecule has 6 heteroatoms. The Kier molecular flexibility index (Phi) is 53.5. The zero-order valence-corrected chi connectivity index (χ0v) is 46.7. The maximum atomic E-state index is 12.9. The first kappa shape index (κ1) is 66.4. The van der Waals surface area contributed by atoms with Crippen molar-refractivity contribution in [1.82, 2.24) is 0 Å². The van der Waals surface area contributed by atoms with Crippen molar-refractivity contribution in [2.24, 2.45) is 11.8 Å². The molecule has 0 saturated heterocycles. The maximum absolute atomic E-state index is 12.9. The molecule has 0 aromatic rings. The van der Waals surface area contributed by atoms with Crippen LogP contribution >= 0.6 is 0 Å². The Hall–Kier alpha value is -1.59. The van der Waals surface area contributed by atoms with Crippen molar-refractivity contribution in [3.63, 3.8) is 0 Å². The minimum Gasteiger partial charge on any atom is -0.462 e. The number of esters is 3. The Balaban J connectivity index is 4.28. The minimum atomic E-state index is -0.763. The Morgan fingerprint density at radius 2 is 0.559 bits per heavy atom. The van der Waals surface area contributed by atoms with Crippen molar-refractivity contribution in [3.8, 4) is 0 Å². The van der Waals surface area contributed by atoms with Gasteiger partial charge in [0.25, 0.3) is 0 Å². The summed E-state index contributed by atoms with van der Waals surface area (Å²) in [4.78, 5) is 38.2. The van der Waals surface area contributed by atoms with E-state index in [1.54, 1.807) is 0 Å². The van der Waals surface area contributed by atoms with Crippen molar-refractivity contribution >= 4 is 17.9 Å². The molecule has 0 spiro atoms. The highest BCUT2D eigenvalue weighted by Crippen LogP contribution is 2.19. The second-order valence-corrected chi connectivity index (χ2v) is 22.1. The predicted octanol–water partition coefficient (Wildman–Crippen LogP) is 20.4. The van der Waals surface area contributed by atoms with E-state index in [1.165, 1.54) is 238 Å². The van der Waals surface area contributed by atoms with E-state index in [2.05, 4.69) is 34.6 Å². The minimum absolute atomic E-state index is 0.0621. The van der Waals surface area contributed by atoms with Crippen LogP contribution in [0.1, 0.15) is 349 Å². The van der Waals surface area contributed by atoms with Crippen LogP contribution < -0.4 is 0 Å². The summed E-state index contributed by atoms with van der Waals surface area (Å²) in [7, 11) is 0. The molecule has 0 aliphatic rings. The summed E-state index contributed by atoms with van der Waals surface area (Å²) in [6.45, 7) is 11.5. The van der Waals surface area contributed by atoms with Gasteiger partial charge in [-0.15, -0.1) is 0 Å². The Labute approximate surface area is 425 Å². The van der Waals surface area contributed by atoms with E-state index < -0.39 is 6.10 Å². The van der Waals surface area contributed by atoms with Gasteiger partial charge in [0, 0.05) is 19.3 Å². The molecule has 0 fully saturated rings. The summed E-state index contributed by atoms with van der Waals surface area (Å²) in [5, 5.41) is 0. The summed E-state index contributed by atoms with van der Waals surface area (Å²) < 4.78 is 16.9. The van der Waals surface area contributed by atoms with E-state index >= 15 is 0 Å². The average molecular weight is 962 g/mol.